The van der Waals surface area contributed by atoms with Crippen LogP contribution >= 0.6 is 11.8 Å². The van der Waals surface area contributed by atoms with Gasteiger partial charge in [0.1, 0.15) is 5.65 Å². The fraction of sp³-hybridized carbons (Fsp3) is 0.556. The second kappa shape index (κ2) is 6.88. The molecule has 25 heavy (non-hydrogen) atoms. The van der Waals surface area contributed by atoms with Crippen LogP contribution in [-0.4, -0.2) is 40.8 Å². The summed E-state index contributed by atoms with van der Waals surface area (Å²) < 4.78 is 0. The molecule has 0 spiro atoms. The minimum absolute atomic E-state index is 0.121. The van der Waals surface area contributed by atoms with Gasteiger partial charge in [-0.05, 0) is 31.4 Å². The number of amides is 1. The van der Waals surface area contributed by atoms with Gasteiger partial charge in [-0.1, -0.05) is 6.92 Å². The van der Waals surface area contributed by atoms with Crippen molar-refractivity contribution in [3.63, 3.8) is 0 Å². The average Bonchev–Trinajstić information content (AvgIpc) is 3.38. The Morgan fingerprint density at radius 2 is 2.32 bits per heavy atom. The molecule has 2 fully saturated rings. The molecule has 2 aromatic rings. The Kier molecular flexibility index (Phi) is 4.60. The minimum Gasteiger partial charge on any atom is -0.368 e. The van der Waals surface area contributed by atoms with Crippen molar-refractivity contribution in [1.82, 2.24) is 9.97 Å². The monoisotopic (exact) mass is 359 g/mol. The Bertz CT molecular complexity index is 785. The molecule has 2 aliphatic rings. The van der Waals surface area contributed by atoms with E-state index < -0.39 is 0 Å². The van der Waals surface area contributed by atoms with Crippen LogP contribution in [0.25, 0.3) is 11.0 Å². The normalized spacial score (nSPS) is 20.9. The van der Waals surface area contributed by atoms with Crippen LogP contribution in [0.2, 0.25) is 0 Å². The summed E-state index contributed by atoms with van der Waals surface area (Å²) in [4.78, 5) is 23.6. The number of nitrogens with two attached hydrogens (primary N) is 1. The Morgan fingerprint density at radius 1 is 1.48 bits per heavy atom. The molecular weight excluding hydrogens is 334 g/mol. The maximum atomic E-state index is 12.3. The lowest BCUT2D eigenvalue weighted by Gasteiger charge is -2.34. The van der Waals surface area contributed by atoms with Crippen molar-refractivity contribution in [3.05, 3.63) is 12.4 Å². The van der Waals surface area contributed by atoms with Crippen LogP contribution in [0, 0.1) is 5.92 Å². The summed E-state index contributed by atoms with van der Waals surface area (Å²) in [6, 6.07) is 0.194. The SMILES string of the molecule is CCSc1cnc2[nH]cc(NC(=O)C3CC3)c2c1N1CCC[C@H](N)C1. The Labute approximate surface area is 151 Å². The second-order valence-electron chi connectivity index (χ2n) is 6.94. The molecule has 0 aromatic carbocycles. The summed E-state index contributed by atoms with van der Waals surface area (Å²) >= 11 is 1.79. The fourth-order valence-electron chi connectivity index (χ4n) is 3.53. The zero-order valence-corrected chi connectivity index (χ0v) is 15.4. The van der Waals surface area contributed by atoms with Crippen LogP contribution in [0.5, 0.6) is 0 Å². The number of anilines is 2. The van der Waals surface area contributed by atoms with Gasteiger partial charge in [-0.2, -0.15) is 0 Å². The van der Waals surface area contributed by atoms with Crippen LogP contribution in [0.3, 0.4) is 0 Å². The number of aromatic nitrogens is 2. The van der Waals surface area contributed by atoms with Gasteiger partial charge >= 0.3 is 0 Å². The van der Waals surface area contributed by atoms with Crippen molar-refractivity contribution in [2.45, 2.75) is 43.5 Å². The third-order valence-corrected chi connectivity index (χ3v) is 5.82. The molecule has 6 nitrogen and oxygen atoms in total. The maximum Gasteiger partial charge on any atom is 0.227 e. The van der Waals surface area contributed by atoms with E-state index in [2.05, 4.69) is 27.1 Å². The Morgan fingerprint density at radius 3 is 3.04 bits per heavy atom. The summed E-state index contributed by atoms with van der Waals surface area (Å²) in [5.41, 5.74) is 9.06. The zero-order chi connectivity index (χ0) is 17.4. The van der Waals surface area contributed by atoms with Gasteiger partial charge in [-0.3, -0.25) is 4.79 Å². The van der Waals surface area contributed by atoms with E-state index in [0.29, 0.717) is 0 Å². The van der Waals surface area contributed by atoms with Crippen molar-refractivity contribution in [3.8, 4) is 0 Å². The van der Waals surface area contributed by atoms with E-state index in [1.807, 2.05) is 12.4 Å². The quantitative estimate of drug-likeness (QED) is 0.715. The van der Waals surface area contributed by atoms with E-state index in [0.717, 1.165) is 66.1 Å². The molecule has 1 atom stereocenters. The summed E-state index contributed by atoms with van der Waals surface area (Å²) in [7, 11) is 0. The lowest BCUT2D eigenvalue weighted by Crippen LogP contribution is -2.43. The third-order valence-electron chi connectivity index (χ3n) is 4.92. The molecule has 0 unspecified atom stereocenters. The van der Waals surface area contributed by atoms with Gasteiger partial charge in [0.15, 0.2) is 0 Å². The number of pyridine rings is 1. The molecular formula is C18H25N5OS. The predicted octanol–water partition coefficient (Wildman–Crippen LogP) is 2.95. The number of thioether (sulfide) groups is 1. The highest BCUT2D eigenvalue weighted by molar-refractivity contribution is 7.99. The molecule has 3 heterocycles. The van der Waals surface area contributed by atoms with Crippen LogP contribution in [-0.2, 0) is 4.79 Å². The van der Waals surface area contributed by atoms with E-state index in [1.165, 1.54) is 5.69 Å². The molecule has 1 aliphatic heterocycles. The molecule has 0 bridgehead atoms. The highest BCUT2D eigenvalue weighted by atomic mass is 32.2. The first-order chi connectivity index (χ1) is 12.2. The number of H-pyrrole nitrogens is 1. The largest absolute Gasteiger partial charge is 0.368 e. The molecule has 4 N–H and O–H groups in total. The minimum atomic E-state index is 0.121. The van der Waals surface area contributed by atoms with Crippen LogP contribution in [0.1, 0.15) is 32.6 Å². The van der Waals surface area contributed by atoms with Gasteiger partial charge in [-0.25, -0.2) is 4.98 Å². The molecule has 1 saturated carbocycles. The number of carbonyl (C=O) groups is 1. The van der Waals surface area contributed by atoms with Gasteiger partial charge in [0.2, 0.25) is 5.91 Å². The molecule has 0 radical (unpaired) electrons. The van der Waals surface area contributed by atoms with Crippen molar-refractivity contribution < 1.29 is 4.79 Å². The zero-order valence-electron chi connectivity index (χ0n) is 14.5. The summed E-state index contributed by atoms with van der Waals surface area (Å²) in [6.07, 6.45) is 7.96. The molecule has 7 heteroatoms. The molecule has 1 amide bonds. The average molecular weight is 359 g/mol. The van der Waals surface area contributed by atoms with Gasteiger partial charge in [-0.15, -0.1) is 11.8 Å². The van der Waals surface area contributed by atoms with Crippen LogP contribution in [0.15, 0.2) is 17.3 Å². The highest BCUT2D eigenvalue weighted by Crippen LogP contribution is 2.41. The number of rotatable bonds is 5. The number of hydrogen-bond acceptors (Lipinski definition) is 5. The molecule has 1 saturated heterocycles. The van der Waals surface area contributed by atoms with Crippen molar-refractivity contribution >= 4 is 40.1 Å². The van der Waals surface area contributed by atoms with Crippen molar-refractivity contribution in [2.75, 3.05) is 29.1 Å². The van der Waals surface area contributed by atoms with Gasteiger partial charge in [0, 0.05) is 42.3 Å². The first kappa shape index (κ1) is 16.7. The lowest BCUT2D eigenvalue weighted by molar-refractivity contribution is -0.117. The number of piperidine rings is 1. The number of nitrogens with zero attached hydrogens (tertiary/aromatic N) is 2. The van der Waals surface area contributed by atoms with E-state index >= 15 is 0 Å². The van der Waals surface area contributed by atoms with E-state index in [1.54, 1.807) is 11.8 Å². The topological polar surface area (TPSA) is 87.0 Å². The Hall–Kier alpha value is -1.73. The first-order valence-electron chi connectivity index (χ1n) is 9.11. The van der Waals surface area contributed by atoms with E-state index in [9.17, 15) is 4.79 Å². The lowest BCUT2D eigenvalue weighted by atomic mass is 10.1. The second-order valence-corrected chi connectivity index (χ2v) is 8.25. The third kappa shape index (κ3) is 3.35. The van der Waals surface area contributed by atoms with Gasteiger partial charge < -0.3 is 20.9 Å². The summed E-state index contributed by atoms with van der Waals surface area (Å²) in [6.45, 7) is 3.98. The molecule has 134 valence electrons. The number of carbonyl (C=O) groups excluding carboxylic acids is 1. The Balaban J connectivity index is 1.78. The number of aromatic amines is 1. The van der Waals surface area contributed by atoms with E-state index in [4.69, 9.17) is 5.73 Å². The van der Waals surface area contributed by atoms with Crippen molar-refractivity contribution in [2.24, 2.45) is 11.7 Å². The highest BCUT2D eigenvalue weighted by Gasteiger charge is 2.31. The standard InChI is InChI=1S/C18H25N5OS/c1-2-25-14-9-21-17-15(16(14)23-7-3-4-12(19)10-23)13(8-20-17)22-18(24)11-5-6-11/h8-9,11-12H,2-7,10,19H2,1H3,(H,20,21)(H,22,24)/t12-/m0/s1. The molecule has 4 rings (SSSR count). The van der Waals surface area contributed by atoms with Gasteiger partial charge in [0.25, 0.3) is 0 Å². The first-order valence-corrected chi connectivity index (χ1v) is 10.1. The van der Waals surface area contributed by atoms with E-state index in [-0.39, 0.29) is 17.9 Å². The number of nitrogens with one attached hydrogen (secondary N) is 2. The predicted molar refractivity (Wildman–Crippen MR) is 103 cm³/mol. The fourth-order valence-corrected chi connectivity index (χ4v) is 4.33. The molecule has 1 aliphatic carbocycles. The van der Waals surface area contributed by atoms with Crippen molar-refractivity contribution in [1.29, 1.82) is 0 Å². The maximum absolute atomic E-state index is 12.3. The molecule has 2 aromatic heterocycles. The van der Waals surface area contributed by atoms with Crippen LogP contribution in [0.4, 0.5) is 11.4 Å². The summed E-state index contributed by atoms with van der Waals surface area (Å²) in [5.74, 6) is 1.28. The summed E-state index contributed by atoms with van der Waals surface area (Å²) in [5, 5.41) is 4.12. The number of hydrogen-bond donors (Lipinski definition) is 3. The smallest absolute Gasteiger partial charge is 0.227 e. The van der Waals surface area contributed by atoms with Gasteiger partial charge in [0.05, 0.1) is 16.8 Å². The van der Waals surface area contributed by atoms with Crippen LogP contribution < -0.4 is 16.0 Å². The number of fused-ring (bicyclic) bond motifs is 1.